The van der Waals surface area contributed by atoms with Crippen LogP contribution in [0.1, 0.15) is 52.0 Å². The molecular weight excluding hydrogens is 629 g/mol. The van der Waals surface area contributed by atoms with Crippen LogP contribution in [0.5, 0.6) is 0 Å². The number of piperidine rings is 2. The predicted molar refractivity (Wildman–Crippen MR) is 192 cm³/mol. The quantitative estimate of drug-likeness (QED) is 0.195. The fourth-order valence-corrected chi connectivity index (χ4v) is 6.81. The van der Waals surface area contributed by atoms with E-state index in [1.54, 1.807) is 49.1 Å². The van der Waals surface area contributed by atoms with E-state index < -0.39 is 5.82 Å². The number of benzene rings is 2. The van der Waals surface area contributed by atoms with Gasteiger partial charge in [0.05, 0.1) is 5.56 Å². The van der Waals surface area contributed by atoms with Crippen molar-refractivity contribution in [2.45, 2.75) is 44.3 Å². The van der Waals surface area contributed by atoms with Crippen LogP contribution in [-0.2, 0) is 6.54 Å². The van der Waals surface area contributed by atoms with Crippen molar-refractivity contribution >= 4 is 17.6 Å². The molecule has 0 unspecified atom stereocenters. The summed E-state index contributed by atoms with van der Waals surface area (Å²) in [6.45, 7) is 4.10. The van der Waals surface area contributed by atoms with Crippen molar-refractivity contribution < 1.29 is 14.0 Å². The van der Waals surface area contributed by atoms with Gasteiger partial charge in [0.25, 0.3) is 11.8 Å². The van der Waals surface area contributed by atoms with Gasteiger partial charge in [-0.15, -0.1) is 0 Å². The van der Waals surface area contributed by atoms with E-state index in [9.17, 15) is 9.59 Å². The van der Waals surface area contributed by atoms with Crippen LogP contribution in [0.15, 0.2) is 110 Å². The van der Waals surface area contributed by atoms with E-state index in [1.165, 1.54) is 6.07 Å². The lowest BCUT2D eigenvalue weighted by Gasteiger charge is -2.34. The first-order valence-corrected chi connectivity index (χ1v) is 17.2. The number of aromatic nitrogens is 3. The first-order chi connectivity index (χ1) is 24.5. The number of amides is 2. The molecule has 254 valence electrons. The molecule has 0 saturated carbocycles. The monoisotopic (exact) mass is 669 g/mol. The van der Waals surface area contributed by atoms with Gasteiger partial charge < -0.3 is 15.5 Å². The summed E-state index contributed by atoms with van der Waals surface area (Å²) < 4.78 is 15.3. The van der Waals surface area contributed by atoms with Crippen molar-refractivity contribution in [3.05, 3.63) is 132 Å². The Hall–Kier alpha value is -5.48. The van der Waals surface area contributed by atoms with Gasteiger partial charge in [-0.3, -0.25) is 24.5 Å². The number of nitrogens with zero attached hydrogens (tertiary/aromatic N) is 5. The second-order valence-corrected chi connectivity index (χ2v) is 13.0. The van der Waals surface area contributed by atoms with Crippen LogP contribution in [0.2, 0.25) is 0 Å². The lowest BCUT2D eigenvalue weighted by atomic mass is 10.0. The average Bonchev–Trinajstić information content (AvgIpc) is 3.17. The van der Waals surface area contributed by atoms with E-state index in [2.05, 4.69) is 42.5 Å². The van der Waals surface area contributed by atoms with Crippen LogP contribution in [0, 0.1) is 5.82 Å². The SMILES string of the molecule is O=C(NC1CCN(c2ccc(CN3CCC(NC(=O)c4cccc(-c5ccncc5)c4F)CC3)cn2)CC1)c1cccc(-c2cccnc2)c1. The minimum atomic E-state index is -0.514. The maximum absolute atomic E-state index is 15.3. The zero-order valence-corrected chi connectivity index (χ0v) is 27.8. The third-order valence-corrected chi connectivity index (χ3v) is 9.65. The molecule has 0 spiro atoms. The number of nitrogens with one attached hydrogen (secondary N) is 2. The van der Waals surface area contributed by atoms with Crippen molar-refractivity contribution in [2.75, 3.05) is 31.1 Å². The topological polar surface area (TPSA) is 103 Å². The Balaban J connectivity index is 0.851. The number of hydrogen-bond donors (Lipinski definition) is 2. The number of carbonyl (C=O) groups excluding carboxylic acids is 2. The van der Waals surface area contributed by atoms with Crippen LogP contribution in [0.4, 0.5) is 10.2 Å². The van der Waals surface area contributed by atoms with Crippen molar-refractivity contribution in [2.24, 2.45) is 0 Å². The number of pyridine rings is 3. The lowest BCUT2D eigenvalue weighted by Crippen LogP contribution is -2.45. The maximum atomic E-state index is 15.3. The maximum Gasteiger partial charge on any atom is 0.254 e. The van der Waals surface area contributed by atoms with E-state index in [4.69, 9.17) is 4.98 Å². The molecular formula is C40H40FN7O2. The molecule has 7 rings (SSSR count). The fraction of sp³-hybridized carbons (Fsp3) is 0.275. The standard InChI is InChI=1S/C40H40FN7O2/c41-38-35(29-11-18-42-19-12-29)7-2-8-36(38)40(50)46-33-13-20-47(21-14-33)27-28-9-10-37(44-25-28)48-22-15-34(16-23-48)45-39(49)31-5-1-4-30(24-31)32-6-3-17-43-26-32/h1-12,17-19,24-26,33-34H,13-16,20-23,27H2,(H,45,49)(H,46,50). The van der Waals surface area contributed by atoms with Gasteiger partial charge in [0.2, 0.25) is 0 Å². The van der Waals surface area contributed by atoms with Gasteiger partial charge in [0, 0.05) is 92.5 Å². The van der Waals surface area contributed by atoms with Crippen molar-refractivity contribution in [1.29, 1.82) is 0 Å². The zero-order chi connectivity index (χ0) is 34.3. The van der Waals surface area contributed by atoms with Gasteiger partial charge in [-0.25, -0.2) is 9.37 Å². The molecule has 0 radical (unpaired) electrons. The molecule has 2 saturated heterocycles. The first-order valence-electron chi connectivity index (χ1n) is 17.2. The highest BCUT2D eigenvalue weighted by molar-refractivity contribution is 5.96. The summed E-state index contributed by atoms with van der Waals surface area (Å²) in [6.07, 6.45) is 12.0. The molecule has 2 fully saturated rings. The number of hydrogen-bond acceptors (Lipinski definition) is 7. The summed E-state index contributed by atoms with van der Waals surface area (Å²) >= 11 is 0. The van der Waals surface area contributed by atoms with Crippen LogP contribution >= 0.6 is 0 Å². The van der Waals surface area contributed by atoms with Gasteiger partial charge in [-0.1, -0.05) is 36.4 Å². The second-order valence-electron chi connectivity index (χ2n) is 13.0. The molecule has 2 aliphatic heterocycles. The molecule has 2 amide bonds. The highest BCUT2D eigenvalue weighted by atomic mass is 19.1. The molecule has 2 aromatic carbocycles. The normalized spacial score (nSPS) is 15.8. The molecule has 0 aliphatic carbocycles. The number of anilines is 1. The Morgan fingerprint density at radius 3 is 2.14 bits per heavy atom. The highest BCUT2D eigenvalue weighted by Crippen LogP contribution is 2.26. The smallest absolute Gasteiger partial charge is 0.254 e. The molecule has 0 atom stereocenters. The van der Waals surface area contributed by atoms with Crippen LogP contribution in [-0.4, -0.2) is 69.9 Å². The summed E-state index contributed by atoms with van der Waals surface area (Å²) in [7, 11) is 0. The number of halogens is 1. The summed E-state index contributed by atoms with van der Waals surface area (Å²) in [5.41, 5.74) is 4.89. The zero-order valence-electron chi connectivity index (χ0n) is 27.8. The Bertz CT molecular complexity index is 1910. The second kappa shape index (κ2) is 15.4. The first kappa shape index (κ1) is 33.0. The van der Waals surface area contributed by atoms with Gasteiger partial charge in [-0.2, -0.15) is 0 Å². The third-order valence-electron chi connectivity index (χ3n) is 9.65. The minimum absolute atomic E-state index is 0.00653. The Labute approximate surface area is 291 Å². The molecule has 2 aliphatic rings. The Morgan fingerprint density at radius 1 is 0.700 bits per heavy atom. The average molecular weight is 670 g/mol. The van der Waals surface area contributed by atoms with Gasteiger partial charge in [0.15, 0.2) is 0 Å². The lowest BCUT2D eigenvalue weighted by molar-refractivity contribution is 0.0902. The Kier molecular flexibility index (Phi) is 10.2. The molecule has 3 aromatic heterocycles. The highest BCUT2D eigenvalue weighted by Gasteiger charge is 2.25. The van der Waals surface area contributed by atoms with Gasteiger partial charge in [-0.05, 0) is 84.8 Å². The number of carbonyl (C=O) groups is 2. The van der Waals surface area contributed by atoms with Crippen LogP contribution < -0.4 is 15.5 Å². The molecule has 5 aromatic rings. The summed E-state index contributed by atoms with van der Waals surface area (Å²) in [4.78, 5) is 43.7. The van der Waals surface area contributed by atoms with Gasteiger partial charge >= 0.3 is 0 Å². The fourth-order valence-electron chi connectivity index (χ4n) is 6.81. The molecule has 2 N–H and O–H groups in total. The number of likely N-dealkylation sites (tertiary alicyclic amines) is 1. The molecule has 5 heterocycles. The summed E-state index contributed by atoms with van der Waals surface area (Å²) in [6, 6.07) is 24.3. The van der Waals surface area contributed by atoms with Crippen molar-refractivity contribution in [3.63, 3.8) is 0 Å². The number of rotatable bonds is 9. The summed E-state index contributed by atoms with van der Waals surface area (Å²) in [5.74, 6) is 0.00239. The van der Waals surface area contributed by atoms with E-state index >= 15 is 4.39 Å². The van der Waals surface area contributed by atoms with Crippen LogP contribution in [0.25, 0.3) is 22.3 Å². The van der Waals surface area contributed by atoms with E-state index in [1.807, 2.05) is 42.6 Å². The largest absolute Gasteiger partial charge is 0.356 e. The van der Waals surface area contributed by atoms with Crippen molar-refractivity contribution in [3.8, 4) is 22.3 Å². The molecule has 10 heteroatoms. The Morgan fingerprint density at radius 2 is 1.42 bits per heavy atom. The van der Waals surface area contributed by atoms with E-state index in [-0.39, 0.29) is 29.5 Å². The minimum Gasteiger partial charge on any atom is -0.356 e. The molecule has 9 nitrogen and oxygen atoms in total. The van der Waals surface area contributed by atoms with E-state index in [0.717, 1.165) is 80.9 Å². The third kappa shape index (κ3) is 7.87. The van der Waals surface area contributed by atoms with Crippen molar-refractivity contribution in [1.82, 2.24) is 30.5 Å². The van der Waals surface area contributed by atoms with Gasteiger partial charge in [0.1, 0.15) is 11.6 Å². The molecule has 50 heavy (non-hydrogen) atoms. The summed E-state index contributed by atoms with van der Waals surface area (Å²) in [5, 5.41) is 6.28. The predicted octanol–water partition coefficient (Wildman–Crippen LogP) is 6.14. The van der Waals surface area contributed by atoms with Crippen LogP contribution in [0.3, 0.4) is 0 Å². The molecule has 0 bridgehead atoms. The van der Waals surface area contributed by atoms with E-state index in [0.29, 0.717) is 16.7 Å².